The Balaban J connectivity index is 1.48. The maximum atomic E-state index is 14.2. The largest absolute Gasteiger partial charge is 0.507 e. The summed E-state index contributed by atoms with van der Waals surface area (Å²) in [7, 11) is 8.84. The van der Waals surface area contributed by atoms with Crippen molar-refractivity contribution in [3.8, 4) is 5.75 Å². The average Bonchev–Trinajstić information content (AvgIpc) is 2.96. The fraction of sp³-hybridized carbons (Fsp3) is 0.500. The fourth-order valence-corrected chi connectivity index (χ4v) is 7.81. The third kappa shape index (κ3) is 5.36. The summed E-state index contributed by atoms with van der Waals surface area (Å²) in [6.07, 6.45) is 1.43. The quantitative estimate of drug-likeness (QED) is 0.346. The van der Waals surface area contributed by atoms with Gasteiger partial charge in [0.05, 0.1) is 17.5 Å². The molecule has 2 aromatic rings. The van der Waals surface area contributed by atoms with Gasteiger partial charge in [-0.3, -0.25) is 28.9 Å². The first-order valence-corrected chi connectivity index (χ1v) is 15.3. The van der Waals surface area contributed by atoms with E-state index >= 15 is 0 Å². The molecule has 0 radical (unpaired) electrons. The molecule has 4 N–H and O–H groups in total. The van der Waals surface area contributed by atoms with Gasteiger partial charge in [-0.25, -0.2) is 0 Å². The maximum Gasteiger partial charge on any atom is 0.235 e. The van der Waals surface area contributed by atoms with Gasteiger partial charge >= 0.3 is 0 Å². The van der Waals surface area contributed by atoms with E-state index in [1.807, 2.05) is 50.3 Å². The molecule has 1 amide bonds. The smallest absolute Gasteiger partial charge is 0.235 e. The number of hydrogen-bond acceptors (Lipinski definition) is 10. The standard InChI is InChI=1S/C34H42N4O7/c1-36(2)23-16-19(12-9-13-38(5)17-18-10-7-6-8-11-18)28(39)25-21(23)14-20-15-22-27(37(3)4)30(41)26(33(35)44)32(43)34(22,45)31(42)24(20)29(25)40/h6-8,10-11,16,20,22,24,26-27,39,45H,9,12-15,17H2,1-5H3,(H2,35,44)/t20-,22-,24?,26?,27-,34-/m0/s1. The number of Topliss-reactive ketones (excluding diaryl/α,β-unsaturated/α-hetero) is 4. The molecule has 3 aliphatic rings. The van der Waals surface area contributed by atoms with Gasteiger partial charge in [-0.15, -0.1) is 0 Å². The third-order valence-corrected chi connectivity index (χ3v) is 9.88. The summed E-state index contributed by atoms with van der Waals surface area (Å²) in [4.78, 5) is 72.9. The summed E-state index contributed by atoms with van der Waals surface area (Å²) in [5, 5.41) is 23.3. The van der Waals surface area contributed by atoms with E-state index in [9.17, 15) is 34.2 Å². The van der Waals surface area contributed by atoms with E-state index in [0.29, 0.717) is 24.0 Å². The number of aromatic hydroxyl groups is 1. The summed E-state index contributed by atoms with van der Waals surface area (Å²) in [5.41, 5.74) is 5.79. The van der Waals surface area contributed by atoms with Crippen LogP contribution in [0.5, 0.6) is 5.75 Å². The highest BCUT2D eigenvalue weighted by molar-refractivity contribution is 6.32. The first kappa shape index (κ1) is 32.5. The zero-order valence-electron chi connectivity index (χ0n) is 26.4. The van der Waals surface area contributed by atoms with E-state index in [1.54, 1.807) is 14.1 Å². The number of nitrogens with zero attached hydrogens (tertiary/aromatic N) is 3. The van der Waals surface area contributed by atoms with Gasteiger partial charge in [0.2, 0.25) is 5.91 Å². The second kappa shape index (κ2) is 12.1. The molecular formula is C34H42N4O7. The second-order valence-electron chi connectivity index (χ2n) is 13.3. The fourth-order valence-electron chi connectivity index (χ4n) is 7.81. The molecule has 11 nitrogen and oxygen atoms in total. The molecule has 0 aromatic heterocycles. The van der Waals surface area contributed by atoms with E-state index < -0.39 is 64.4 Å². The molecular weight excluding hydrogens is 576 g/mol. The molecule has 5 rings (SSSR count). The van der Waals surface area contributed by atoms with Gasteiger partial charge in [0.1, 0.15) is 5.75 Å². The van der Waals surface area contributed by atoms with Gasteiger partial charge in [0.15, 0.2) is 34.7 Å². The number of phenolic OH excluding ortho intramolecular Hbond substituents is 1. The summed E-state index contributed by atoms with van der Waals surface area (Å²) < 4.78 is 0. The molecule has 0 aliphatic heterocycles. The zero-order chi connectivity index (χ0) is 33.0. The molecule has 6 atom stereocenters. The number of ketones is 4. The number of likely N-dealkylation sites (N-methyl/N-ethyl adjacent to an activating group) is 1. The molecule has 2 aromatic carbocycles. The highest BCUT2D eigenvalue weighted by Crippen LogP contribution is 2.52. The third-order valence-electron chi connectivity index (χ3n) is 9.88. The van der Waals surface area contributed by atoms with Gasteiger partial charge in [0.25, 0.3) is 0 Å². The molecule has 0 saturated heterocycles. The SMILES string of the molecule is CN(CCCc1cc(N(C)C)c2c(c1O)C(=O)C1C(=O)[C@]3(O)C(=O)C(C(N)=O)C(=O)[C@@H](N(C)C)[C@@H]3C[C@@H]1C2)Cc1ccccc1. The van der Waals surface area contributed by atoms with Crippen LogP contribution in [0, 0.1) is 23.7 Å². The van der Waals surface area contributed by atoms with Crippen LogP contribution in [-0.4, -0.2) is 102 Å². The van der Waals surface area contributed by atoms with Gasteiger partial charge in [-0.05, 0) is 82.0 Å². The van der Waals surface area contributed by atoms with E-state index in [1.165, 1.54) is 10.5 Å². The number of carbonyl (C=O) groups is 5. The van der Waals surface area contributed by atoms with E-state index in [4.69, 9.17) is 5.73 Å². The first-order valence-electron chi connectivity index (χ1n) is 15.3. The highest BCUT2D eigenvalue weighted by Gasteiger charge is 2.69. The van der Waals surface area contributed by atoms with Crippen LogP contribution in [-0.2, 0) is 38.6 Å². The number of aryl methyl sites for hydroxylation is 1. The number of primary amides is 1. The van der Waals surface area contributed by atoms with Crippen LogP contribution in [0.1, 0.15) is 39.9 Å². The van der Waals surface area contributed by atoms with Crippen molar-refractivity contribution >= 4 is 34.7 Å². The van der Waals surface area contributed by atoms with Crippen molar-refractivity contribution in [2.45, 2.75) is 43.9 Å². The van der Waals surface area contributed by atoms with Crippen LogP contribution in [0.4, 0.5) is 5.69 Å². The second-order valence-corrected chi connectivity index (χ2v) is 13.3. The number of phenols is 1. The molecule has 0 heterocycles. The van der Waals surface area contributed by atoms with Crippen LogP contribution in [0.15, 0.2) is 36.4 Å². The number of amides is 1. The molecule has 45 heavy (non-hydrogen) atoms. The Kier molecular flexibility index (Phi) is 8.74. The van der Waals surface area contributed by atoms with E-state index in [2.05, 4.69) is 17.0 Å². The minimum absolute atomic E-state index is 0.0209. The number of rotatable bonds is 9. The van der Waals surface area contributed by atoms with Crippen LogP contribution < -0.4 is 10.6 Å². The number of hydrogen-bond donors (Lipinski definition) is 3. The van der Waals surface area contributed by atoms with E-state index in [0.717, 1.165) is 18.8 Å². The number of nitrogens with two attached hydrogens (primary N) is 1. The van der Waals surface area contributed by atoms with Gasteiger partial charge in [-0.1, -0.05) is 30.3 Å². The molecule has 3 aliphatic carbocycles. The normalized spacial score (nSPS) is 27.8. The van der Waals surface area contributed by atoms with Crippen LogP contribution in [0.3, 0.4) is 0 Å². The minimum atomic E-state index is -2.74. The monoisotopic (exact) mass is 618 g/mol. The molecule has 0 spiro atoms. The molecule has 0 bridgehead atoms. The Morgan fingerprint density at radius 2 is 1.69 bits per heavy atom. The van der Waals surface area contributed by atoms with Crippen molar-refractivity contribution in [1.29, 1.82) is 0 Å². The lowest BCUT2D eigenvalue weighted by Gasteiger charge is -2.52. The van der Waals surface area contributed by atoms with E-state index in [-0.39, 0.29) is 24.2 Å². The maximum absolute atomic E-state index is 14.2. The van der Waals surface area contributed by atoms with Crippen molar-refractivity contribution in [2.24, 2.45) is 29.4 Å². The lowest BCUT2D eigenvalue weighted by atomic mass is 9.52. The highest BCUT2D eigenvalue weighted by atomic mass is 16.3. The number of benzene rings is 2. The predicted molar refractivity (Wildman–Crippen MR) is 167 cm³/mol. The Morgan fingerprint density at radius 1 is 1.02 bits per heavy atom. The van der Waals surface area contributed by atoms with Gasteiger partial charge in [-0.2, -0.15) is 0 Å². The van der Waals surface area contributed by atoms with Crippen molar-refractivity contribution in [3.05, 3.63) is 58.7 Å². The van der Waals surface area contributed by atoms with Crippen molar-refractivity contribution < 1.29 is 34.2 Å². The molecule has 2 saturated carbocycles. The molecule has 2 unspecified atom stereocenters. The Hall–Kier alpha value is -3.93. The Bertz CT molecular complexity index is 1560. The topological polar surface area (TPSA) is 162 Å². The molecule has 2 fully saturated rings. The molecule has 240 valence electrons. The summed E-state index contributed by atoms with van der Waals surface area (Å²) >= 11 is 0. The number of fused-ring (bicyclic) bond motifs is 3. The predicted octanol–water partition coefficient (Wildman–Crippen LogP) is 0.998. The number of carbonyl (C=O) groups excluding carboxylic acids is 5. The Labute approximate surface area is 263 Å². The van der Waals surface area contributed by atoms with Gasteiger partial charge < -0.3 is 25.7 Å². The van der Waals surface area contributed by atoms with Crippen molar-refractivity contribution in [1.82, 2.24) is 9.80 Å². The first-order chi connectivity index (χ1) is 21.2. The summed E-state index contributed by atoms with van der Waals surface area (Å²) in [6, 6.07) is 10.8. The lowest BCUT2D eigenvalue weighted by molar-refractivity contribution is -0.181. The van der Waals surface area contributed by atoms with Crippen LogP contribution in [0.25, 0.3) is 0 Å². The van der Waals surface area contributed by atoms with Crippen molar-refractivity contribution in [2.75, 3.05) is 46.7 Å². The zero-order valence-corrected chi connectivity index (χ0v) is 26.4. The molecule has 11 heteroatoms. The Morgan fingerprint density at radius 3 is 2.29 bits per heavy atom. The summed E-state index contributed by atoms with van der Waals surface area (Å²) in [5.74, 6) is -10.3. The van der Waals surface area contributed by atoms with Gasteiger partial charge in [0, 0.05) is 32.2 Å². The lowest BCUT2D eigenvalue weighted by Crippen LogP contribution is -2.74. The average molecular weight is 619 g/mol. The summed E-state index contributed by atoms with van der Waals surface area (Å²) in [6.45, 7) is 1.51. The van der Waals surface area contributed by atoms with Crippen molar-refractivity contribution in [3.63, 3.8) is 0 Å². The van der Waals surface area contributed by atoms with Crippen LogP contribution >= 0.6 is 0 Å². The minimum Gasteiger partial charge on any atom is -0.507 e. The van der Waals surface area contributed by atoms with Crippen LogP contribution in [0.2, 0.25) is 0 Å². The number of aliphatic hydroxyl groups is 1. The number of anilines is 1.